The van der Waals surface area contributed by atoms with Crippen LogP contribution in [0.3, 0.4) is 0 Å². The molecule has 0 aromatic rings. The topological polar surface area (TPSA) is 21.7 Å². The lowest BCUT2D eigenvalue weighted by molar-refractivity contribution is 0.0414. The van der Waals surface area contributed by atoms with E-state index in [1.54, 1.807) is 0 Å². The molecule has 0 fully saturated rings. The average molecular weight is 231 g/mol. The molecule has 0 unspecified atom stereocenters. The first-order chi connectivity index (χ1) is 7.77. The van der Waals surface area contributed by atoms with Gasteiger partial charge in [0.1, 0.15) is 0 Å². The van der Waals surface area contributed by atoms with Gasteiger partial charge in [-0.2, -0.15) is 0 Å². The quantitative estimate of drug-likeness (QED) is 0.482. The van der Waals surface area contributed by atoms with Gasteiger partial charge in [0.2, 0.25) is 0 Å². The molecular formula is C13H29NO2. The van der Waals surface area contributed by atoms with E-state index in [0.29, 0.717) is 0 Å². The molecule has 0 spiro atoms. The molecule has 16 heavy (non-hydrogen) atoms. The second kappa shape index (κ2) is 12.9. The van der Waals surface area contributed by atoms with Crippen LogP contribution in [0.25, 0.3) is 0 Å². The zero-order valence-electron chi connectivity index (χ0n) is 11.3. The Morgan fingerprint density at radius 1 is 0.750 bits per heavy atom. The van der Waals surface area contributed by atoms with Crippen molar-refractivity contribution in [2.24, 2.45) is 0 Å². The Hall–Kier alpha value is -0.120. The van der Waals surface area contributed by atoms with Crippen molar-refractivity contribution in [2.75, 3.05) is 47.1 Å². The Bertz CT molecular complexity index is 129. The van der Waals surface area contributed by atoms with Gasteiger partial charge in [0.05, 0.1) is 19.8 Å². The first kappa shape index (κ1) is 15.9. The molecule has 3 nitrogen and oxygen atoms in total. The minimum atomic E-state index is 0.725. The van der Waals surface area contributed by atoms with Crippen LogP contribution in [0.4, 0.5) is 0 Å². The molecule has 0 heterocycles. The van der Waals surface area contributed by atoms with E-state index in [1.807, 2.05) is 0 Å². The summed E-state index contributed by atoms with van der Waals surface area (Å²) in [6.07, 6.45) is 6.50. The smallest absolute Gasteiger partial charge is 0.0701 e. The van der Waals surface area contributed by atoms with Crippen molar-refractivity contribution in [3.8, 4) is 0 Å². The lowest BCUT2D eigenvalue weighted by Crippen LogP contribution is -2.19. The molecule has 0 aliphatic rings. The third-order valence-corrected chi connectivity index (χ3v) is 2.45. The van der Waals surface area contributed by atoms with Gasteiger partial charge in [-0.1, -0.05) is 32.6 Å². The normalized spacial score (nSPS) is 11.2. The molecule has 0 N–H and O–H groups in total. The maximum atomic E-state index is 5.48. The van der Waals surface area contributed by atoms with Crippen LogP contribution in [0.5, 0.6) is 0 Å². The molecule has 0 bridgehead atoms. The average Bonchev–Trinajstić information content (AvgIpc) is 2.25. The first-order valence-electron chi connectivity index (χ1n) is 6.57. The molecule has 0 aliphatic heterocycles. The van der Waals surface area contributed by atoms with E-state index in [-0.39, 0.29) is 0 Å². The summed E-state index contributed by atoms with van der Waals surface area (Å²) in [6, 6.07) is 0. The molecule has 0 radical (unpaired) electrons. The summed E-state index contributed by atoms with van der Waals surface area (Å²) in [5.74, 6) is 0. The monoisotopic (exact) mass is 231 g/mol. The Morgan fingerprint density at radius 3 is 2.00 bits per heavy atom. The Kier molecular flexibility index (Phi) is 12.9. The minimum absolute atomic E-state index is 0.725. The van der Waals surface area contributed by atoms with Gasteiger partial charge in [-0.15, -0.1) is 0 Å². The minimum Gasteiger partial charge on any atom is -0.379 e. The number of ether oxygens (including phenoxy) is 2. The second-order valence-electron chi connectivity index (χ2n) is 4.44. The third kappa shape index (κ3) is 13.9. The highest BCUT2D eigenvalue weighted by atomic mass is 16.5. The first-order valence-corrected chi connectivity index (χ1v) is 6.57. The Balaban J connectivity index is 2.88. The molecule has 0 saturated heterocycles. The Labute approximate surface area is 101 Å². The highest BCUT2D eigenvalue weighted by Gasteiger charge is 1.92. The predicted octanol–water partition coefficient (Wildman–Crippen LogP) is 2.55. The van der Waals surface area contributed by atoms with Crippen LogP contribution in [0.1, 0.15) is 39.0 Å². The lowest BCUT2D eigenvalue weighted by atomic mass is 10.2. The number of unbranched alkanes of at least 4 members (excludes halogenated alkanes) is 4. The zero-order valence-corrected chi connectivity index (χ0v) is 11.3. The fourth-order valence-electron chi connectivity index (χ4n) is 1.38. The Morgan fingerprint density at radius 2 is 1.38 bits per heavy atom. The number of rotatable bonds is 12. The molecule has 0 aromatic carbocycles. The molecule has 0 aliphatic carbocycles. The van der Waals surface area contributed by atoms with E-state index in [0.717, 1.165) is 33.0 Å². The highest BCUT2D eigenvalue weighted by molar-refractivity contribution is 4.42. The van der Waals surface area contributed by atoms with E-state index in [2.05, 4.69) is 25.9 Å². The zero-order chi connectivity index (χ0) is 12.1. The third-order valence-electron chi connectivity index (χ3n) is 2.45. The van der Waals surface area contributed by atoms with Gasteiger partial charge in [-0.05, 0) is 20.5 Å². The van der Waals surface area contributed by atoms with Gasteiger partial charge in [0.15, 0.2) is 0 Å². The van der Waals surface area contributed by atoms with Crippen LogP contribution in [0.15, 0.2) is 0 Å². The second-order valence-corrected chi connectivity index (χ2v) is 4.44. The van der Waals surface area contributed by atoms with Gasteiger partial charge in [0.25, 0.3) is 0 Å². The van der Waals surface area contributed by atoms with Gasteiger partial charge >= 0.3 is 0 Å². The fourth-order valence-corrected chi connectivity index (χ4v) is 1.38. The summed E-state index contributed by atoms with van der Waals surface area (Å²) in [5.41, 5.74) is 0. The van der Waals surface area contributed by atoms with Crippen molar-refractivity contribution in [2.45, 2.75) is 39.0 Å². The van der Waals surface area contributed by atoms with E-state index in [1.165, 1.54) is 32.1 Å². The van der Waals surface area contributed by atoms with Crippen molar-refractivity contribution < 1.29 is 9.47 Å². The maximum absolute atomic E-state index is 5.48. The molecule has 0 aromatic heterocycles. The van der Waals surface area contributed by atoms with Crippen LogP contribution < -0.4 is 0 Å². The van der Waals surface area contributed by atoms with Crippen molar-refractivity contribution in [3.05, 3.63) is 0 Å². The molecule has 98 valence electrons. The van der Waals surface area contributed by atoms with E-state index >= 15 is 0 Å². The van der Waals surface area contributed by atoms with E-state index in [9.17, 15) is 0 Å². The van der Waals surface area contributed by atoms with Gasteiger partial charge in [-0.25, -0.2) is 0 Å². The van der Waals surface area contributed by atoms with Crippen LogP contribution >= 0.6 is 0 Å². The summed E-state index contributed by atoms with van der Waals surface area (Å²) in [6.45, 7) is 6.37. The fraction of sp³-hybridized carbons (Fsp3) is 1.00. The van der Waals surface area contributed by atoms with Crippen LogP contribution in [-0.2, 0) is 9.47 Å². The molecule has 0 amide bonds. The standard InChI is InChI=1S/C13H29NO2/c1-4-5-6-7-8-10-15-12-13-16-11-9-14(2)3/h4-13H2,1-3H3. The molecule has 3 heteroatoms. The SMILES string of the molecule is CCCCCCCOCCOCCN(C)C. The van der Waals surface area contributed by atoms with Gasteiger partial charge in [0, 0.05) is 13.2 Å². The lowest BCUT2D eigenvalue weighted by Gasteiger charge is -2.09. The van der Waals surface area contributed by atoms with Crippen LogP contribution in [0, 0.1) is 0 Å². The largest absolute Gasteiger partial charge is 0.379 e. The number of likely N-dealkylation sites (N-methyl/N-ethyl adjacent to an activating group) is 1. The van der Waals surface area contributed by atoms with Gasteiger partial charge in [-0.3, -0.25) is 0 Å². The summed E-state index contributed by atoms with van der Waals surface area (Å²) in [7, 11) is 4.10. The predicted molar refractivity (Wildman–Crippen MR) is 69.0 cm³/mol. The van der Waals surface area contributed by atoms with Gasteiger partial charge < -0.3 is 14.4 Å². The molecule has 0 saturated carbocycles. The summed E-state index contributed by atoms with van der Waals surface area (Å²) in [4.78, 5) is 2.12. The molecular weight excluding hydrogens is 202 g/mol. The maximum Gasteiger partial charge on any atom is 0.0701 e. The van der Waals surface area contributed by atoms with Crippen molar-refractivity contribution in [1.82, 2.24) is 4.90 Å². The molecule has 0 rings (SSSR count). The van der Waals surface area contributed by atoms with Crippen LogP contribution in [-0.4, -0.2) is 52.0 Å². The van der Waals surface area contributed by atoms with Crippen molar-refractivity contribution in [3.63, 3.8) is 0 Å². The summed E-state index contributed by atoms with van der Waals surface area (Å²) < 4.78 is 10.9. The number of hydrogen-bond acceptors (Lipinski definition) is 3. The number of nitrogens with zero attached hydrogens (tertiary/aromatic N) is 1. The van der Waals surface area contributed by atoms with Crippen LogP contribution in [0.2, 0.25) is 0 Å². The van der Waals surface area contributed by atoms with Crippen molar-refractivity contribution >= 4 is 0 Å². The summed E-state index contributed by atoms with van der Waals surface area (Å²) in [5, 5.41) is 0. The summed E-state index contributed by atoms with van der Waals surface area (Å²) >= 11 is 0. The highest BCUT2D eigenvalue weighted by Crippen LogP contribution is 2.02. The molecule has 0 atom stereocenters. The number of hydrogen-bond donors (Lipinski definition) is 0. The van der Waals surface area contributed by atoms with Crippen molar-refractivity contribution in [1.29, 1.82) is 0 Å². The van der Waals surface area contributed by atoms with E-state index in [4.69, 9.17) is 9.47 Å². The van der Waals surface area contributed by atoms with E-state index < -0.39 is 0 Å².